The molecule has 2 saturated carbocycles. The molecule has 1 aliphatic heterocycles. The van der Waals surface area contributed by atoms with Gasteiger partial charge in [-0.05, 0) is 55.7 Å². The maximum atomic E-state index is 13.3. The van der Waals surface area contributed by atoms with Crippen molar-refractivity contribution in [3.05, 3.63) is 65.7 Å². The molecule has 3 aliphatic rings. The number of hydrogen-bond acceptors (Lipinski definition) is 3. The van der Waals surface area contributed by atoms with E-state index in [-0.39, 0.29) is 29.6 Å². The lowest BCUT2D eigenvalue weighted by atomic mass is 9.81. The highest BCUT2D eigenvalue weighted by Crippen LogP contribution is 2.56. The quantitative estimate of drug-likeness (QED) is 0.778. The predicted octanol–water partition coefficient (Wildman–Crippen LogP) is 3.58. The van der Waals surface area contributed by atoms with Crippen LogP contribution >= 0.6 is 0 Å². The van der Waals surface area contributed by atoms with Gasteiger partial charge in [-0.15, -0.1) is 0 Å². The first kappa shape index (κ1) is 19.0. The van der Waals surface area contributed by atoms with E-state index in [0.29, 0.717) is 23.9 Å². The first-order chi connectivity index (χ1) is 14.5. The van der Waals surface area contributed by atoms with Crippen LogP contribution in [-0.4, -0.2) is 28.7 Å². The van der Waals surface area contributed by atoms with Crippen molar-refractivity contribution >= 4 is 23.4 Å². The molecule has 2 aromatic carbocycles. The Morgan fingerprint density at radius 2 is 1.57 bits per heavy atom. The number of imide groups is 1. The van der Waals surface area contributed by atoms with Gasteiger partial charge in [0, 0.05) is 12.1 Å². The van der Waals surface area contributed by atoms with Crippen molar-refractivity contribution in [1.82, 2.24) is 4.90 Å². The lowest BCUT2D eigenvalue weighted by Gasteiger charge is -2.27. The first-order valence-electron chi connectivity index (χ1n) is 10.8. The number of rotatable bonds is 5. The Bertz CT molecular complexity index is 957. The van der Waals surface area contributed by atoms with Gasteiger partial charge < -0.3 is 5.32 Å². The largest absolute Gasteiger partial charge is 0.324 e. The van der Waals surface area contributed by atoms with E-state index >= 15 is 0 Å². The molecule has 3 amide bonds. The van der Waals surface area contributed by atoms with Gasteiger partial charge >= 0.3 is 0 Å². The SMILES string of the molecule is Cc1ccc(NC(=O)[C@H](Cc2ccccc2)N2C(=O)[C@@H]3[C@@H]4CC[C@@H](C4)[C@@H]3C2=O)cc1. The van der Waals surface area contributed by atoms with E-state index in [4.69, 9.17) is 0 Å². The summed E-state index contributed by atoms with van der Waals surface area (Å²) >= 11 is 0. The molecule has 0 unspecified atom stereocenters. The van der Waals surface area contributed by atoms with Gasteiger partial charge in [0.2, 0.25) is 17.7 Å². The van der Waals surface area contributed by atoms with Crippen LogP contribution in [0.2, 0.25) is 0 Å². The normalized spacial score (nSPS) is 28.0. The van der Waals surface area contributed by atoms with Gasteiger partial charge in [0.25, 0.3) is 0 Å². The summed E-state index contributed by atoms with van der Waals surface area (Å²) in [6.07, 6.45) is 3.36. The van der Waals surface area contributed by atoms with Gasteiger partial charge in [-0.2, -0.15) is 0 Å². The molecule has 0 spiro atoms. The number of hydrogen-bond donors (Lipinski definition) is 1. The summed E-state index contributed by atoms with van der Waals surface area (Å²) in [5, 5.41) is 2.93. The Labute approximate surface area is 176 Å². The topological polar surface area (TPSA) is 66.5 Å². The van der Waals surface area contributed by atoms with Crippen molar-refractivity contribution in [3.63, 3.8) is 0 Å². The van der Waals surface area contributed by atoms with Crippen molar-refractivity contribution in [2.45, 2.75) is 38.6 Å². The van der Waals surface area contributed by atoms with Crippen molar-refractivity contribution in [2.75, 3.05) is 5.32 Å². The minimum atomic E-state index is -0.835. The van der Waals surface area contributed by atoms with Crippen LogP contribution in [0.4, 0.5) is 5.69 Å². The monoisotopic (exact) mass is 402 g/mol. The molecule has 1 N–H and O–H groups in total. The number of carbonyl (C=O) groups is 3. The third-order valence-electron chi connectivity index (χ3n) is 7.17. The zero-order valence-electron chi connectivity index (χ0n) is 17.1. The van der Waals surface area contributed by atoms with E-state index in [0.717, 1.165) is 30.4 Å². The number of amides is 3. The number of fused-ring (bicyclic) bond motifs is 5. The summed E-state index contributed by atoms with van der Waals surface area (Å²) in [5.41, 5.74) is 2.70. The average Bonchev–Trinajstić information content (AvgIpc) is 3.43. The van der Waals surface area contributed by atoms with Crippen molar-refractivity contribution < 1.29 is 14.4 Å². The fraction of sp³-hybridized carbons (Fsp3) is 0.400. The summed E-state index contributed by atoms with van der Waals surface area (Å²) in [5.74, 6) is -0.424. The number of carbonyl (C=O) groups excluding carboxylic acids is 3. The van der Waals surface area contributed by atoms with Crippen LogP contribution in [0.15, 0.2) is 54.6 Å². The predicted molar refractivity (Wildman–Crippen MR) is 113 cm³/mol. The molecule has 3 fully saturated rings. The molecule has 154 valence electrons. The van der Waals surface area contributed by atoms with Gasteiger partial charge in [0.1, 0.15) is 6.04 Å². The molecule has 0 aromatic heterocycles. The first-order valence-corrected chi connectivity index (χ1v) is 10.8. The summed E-state index contributed by atoms with van der Waals surface area (Å²) in [7, 11) is 0. The van der Waals surface area contributed by atoms with E-state index in [2.05, 4.69) is 5.32 Å². The van der Waals surface area contributed by atoms with Gasteiger partial charge in [0.05, 0.1) is 11.8 Å². The fourth-order valence-electron chi connectivity index (χ4n) is 5.74. The molecule has 0 radical (unpaired) electrons. The van der Waals surface area contributed by atoms with E-state index in [1.807, 2.05) is 61.5 Å². The summed E-state index contributed by atoms with van der Waals surface area (Å²) < 4.78 is 0. The highest BCUT2D eigenvalue weighted by Gasteiger charge is 2.62. The standard InChI is InChI=1S/C25H26N2O3/c1-15-7-11-19(12-8-15)26-23(28)20(13-16-5-3-2-4-6-16)27-24(29)21-17-9-10-18(14-17)22(21)25(27)30/h2-8,11-12,17-18,20-22H,9-10,13-14H2,1H3,(H,26,28)/t17-,18+,20-,21-,22+/m0/s1. The van der Waals surface area contributed by atoms with Crippen molar-refractivity contribution in [1.29, 1.82) is 0 Å². The number of benzene rings is 2. The van der Waals surface area contributed by atoms with E-state index in [1.54, 1.807) is 0 Å². The Morgan fingerprint density at radius 3 is 2.17 bits per heavy atom. The highest BCUT2D eigenvalue weighted by atomic mass is 16.2. The summed E-state index contributed by atoms with van der Waals surface area (Å²) in [6, 6.07) is 16.3. The molecule has 2 bridgehead atoms. The average molecular weight is 402 g/mol. The van der Waals surface area contributed by atoms with E-state index in [9.17, 15) is 14.4 Å². The Balaban J connectivity index is 1.45. The lowest BCUT2D eigenvalue weighted by Crippen LogP contribution is -2.49. The minimum absolute atomic E-state index is 0.141. The van der Waals surface area contributed by atoms with Gasteiger partial charge in [-0.1, -0.05) is 48.0 Å². The third-order valence-corrected chi connectivity index (χ3v) is 7.17. The number of nitrogens with zero attached hydrogens (tertiary/aromatic N) is 1. The van der Waals surface area contributed by atoms with Gasteiger partial charge in [-0.3, -0.25) is 19.3 Å². The Morgan fingerprint density at radius 1 is 0.967 bits per heavy atom. The molecule has 2 aliphatic carbocycles. The molecule has 1 saturated heterocycles. The smallest absolute Gasteiger partial charge is 0.248 e. The molecule has 5 rings (SSSR count). The van der Waals surface area contributed by atoms with E-state index < -0.39 is 6.04 Å². The third kappa shape index (κ3) is 3.13. The van der Waals surface area contributed by atoms with Crippen LogP contribution in [0.25, 0.3) is 0 Å². The van der Waals surface area contributed by atoms with Gasteiger partial charge in [0.15, 0.2) is 0 Å². The van der Waals surface area contributed by atoms with Crippen LogP contribution < -0.4 is 5.32 Å². The highest BCUT2D eigenvalue weighted by molar-refractivity contribution is 6.10. The van der Waals surface area contributed by atoms with Crippen LogP contribution in [0, 0.1) is 30.6 Å². The number of aryl methyl sites for hydroxylation is 1. The zero-order valence-corrected chi connectivity index (χ0v) is 17.1. The zero-order chi connectivity index (χ0) is 20.8. The number of nitrogens with one attached hydrogen (secondary N) is 1. The molecule has 5 nitrogen and oxygen atoms in total. The maximum Gasteiger partial charge on any atom is 0.248 e. The molecule has 5 heteroatoms. The molecule has 1 heterocycles. The lowest BCUT2D eigenvalue weighted by molar-refractivity contribution is -0.147. The second kappa shape index (κ2) is 7.38. The molecule has 30 heavy (non-hydrogen) atoms. The minimum Gasteiger partial charge on any atom is -0.324 e. The van der Waals surface area contributed by atoms with Crippen LogP contribution in [0.5, 0.6) is 0 Å². The number of anilines is 1. The van der Waals surface area contributed by atoms with E-state index in [1.165, 1.54) is 4.90 Å². The van der Waals surface area contributed by atoms with Crippen LogP contribution in [0.1, 0.15) is 30.4 Å². The van der Waals surface area contributed by atoms with Crippen molar-refractivity contribution in [2.24, 2.45) is 23.7 Å². The van der Waals surface area contributed by atoms with Crippen molar-refractivity contribution in [3.8, 4) is 0 Å². The van der Waals surface area contributed by atoms with Crippen LogP contribution in [-0.2, 0) is 20.8 Å². The maximum absolute atomic E-state index is 13.3. The van der Waals surface area contributed by atoms with Gasteiger partial charge in [-0.25, -0.2) is 0 Å². The van der Waals surface area contributed by atoms with Crippen LogP contribution in [0.3, 0.4) is 0 Å². The second-order valence-corrected chi connectivity index (χ2v) is 8.99. The summed E-state index contributed by atoms with van der Waals surface area (Å²) in [4.78, 5) is 41.3. The molecular formula is C25H26N2O3. The summed E-state index contributed by atoms with van der Waals surface area (Å²) in [6.45, 7) is 1.98. The molecule has 2 aromatic rings. The Kier molecular flexibility index (Phi) is 4.69. The second-order valence-electron chi connectivity index (χ2n) is 8.99. The number of likely N-dealkylation sites (tertiary alicyclic amines) is 1. The molecule has 5 atom stereocenters. The Hall–Kier alpha value is -2.95. The molecular weight excluding hydrogens is 376 g/mol. The fourth-order valence-corrected chi connectivity index (χ4v) is 5.74.